The fourth-order valence-corrected chi connectivity index (χ4v) is 4.63. The van der Waals surface area contributed by atoms with Crippen molar-refractivity contribution in [3.8, 4) is 6.07 Å². The Hall–Kier alpha value is -3.24. The first kappa shape index (κ1) is 22.9. The van der Waals surface area contributed by atoms with Gasteiger partial charge < -0.3 is 15.1 Å². The van der Waals surface area contributed by atoms with Crippen LogP contribution in [0.1, 0.15) is 43.2 Å². The molecule has 1 unspecified atom stereocenters. The number of nitrogens with zero attached hydrogens (tertiary/aromatic N) is 3. The molecular weight excluding hydrogens is 422 g/mol. The van der Waals surface area contributed by atoms with Crippen molar-refractivity contribution in [1.82, 2.24) is 9.80 Å². The van der Waals surface area contributed by atoms with Gasteiger partial charge in [-0.2, -0.15) is 5.26 Å². The van der Waals surface area contributed by atoms with Crippen molar-refractivity contribution in [3.63, 3.8) is 0 Å². The van der Waals surface area contributed by atoms with E-state index in [-0.39, 0.29) is 17.8 Å². The Balaban J connectivity index is 1.47. The number of carbonyl (C=O) groups excluding carboxylic acids is 1. The molecule has 4 rings (SSSR count). The second-order valence-electron chi connectivity index (χ2n) is 8.65. The van der Waals surface area contributed by atoms with Crippen molar-refractivity contribution in [3.05, 3.63) is 71.3 Å². The lowest BCUT2D eigenvalue weighted by atomic mass is 9.89. The van der Waals surface area contributed by atoms with E-state index in [1.54, 1.807) is 6.07 Å². The molecule has 1 saturated heterocycles. The van der Waals surface area contributed by atoms with E-state index >= 15 is 0 Å². The molecule has 2 aliphatic rings. The van der Waals surface area contributed by atoms with Gasteiger partial charge in [0.05, 0.1) is 11.6 Å². The predicted molar refractivity (Wildman–Crippen MR) is 125 cm³/mol. The van der Waals surface area contributed by atoms with Crippen LogP contribution in [0.2, 0.25) is 0 Å². The molecule has 1 N–H and O–H groups in total. The summed E-state index contributed by atoms with van der Waals surface area (Å²) in [6.07, 6.45) is 6.82. The molecule has 1 aliphatic carbocycles. The summed E-state index contributed by atoms with van der Waals surface area (Å²) in [6, 6.07) is 12.9. The quantitative estimate of drug-likeness (QED) is 0.641. The Morgan fingerprint density at radius 2 is 1.97 bits per heavy atom. The molecule has 1 atom stereocenters. The third-order valence-electron chi connectivity index (χ3n) is 6.47. The van der Waals surface area contributed by atoms with E-state index in [0.717, 1.165) is 50.2 Å². The molecule has 0 saturated carbocycles. The highest BCUT2D eigenvalue weighted by Gasteiger charge is 2.27. The molecule has 2 amide bonds. The van der Waals surface area contributed by atoms with Gasteiger partial charge in [0.1, 0.15) is 0 Å². The number of anilines is 1. The fraction of sp³-hybridized carbons (Fsp3) is 0.385. The first-order chi connectivity index (χ1) is 16.0. The van der Waals surface area contributed by atoms with Crippen molar-refractivity contribution in [1.29, 1.82) is 5.26 Å². The Bertz CT molecular complexity index is 1070. The van der Waals surface area contributed by atoms with Gasteiger partial charge in [-0.3, -0.25) is 0 Å². The second-order valence-corrected chi connectivity index (χ2v) is 8.65. The van der Waals surface area contributed by atoms with Crippen LogP contribution in [0.3, 0.4) is 0 Å². The average Bonchev–Trinajstić information content (AvgIpc) is 3.36. The summed E-state index contributed by atoms with van der Waals surface area (Å²) in [7, 11) is 0. The molecule has 172 valence electrons. The smallest absolute Gasteiger partial charge is 0.320 e. The minimum atomic E-state index is -0.985. The van der Waals surface area contributed by atoms with Crippen molar-refractivity contribution >= 4 is 17.3 Å². The van der Waals surface area contributed by atoms with Crippen LogP contribution in [0, 0.1) is 23.0 Å². The Labute approximate surface area is 193 Å². The van der Waals surface area contributed by atoms with Gasteiger partial charge in [-0.15, -0.1) is 0 Å². The zero-order valence-electron chi connectivity index (χ0n) is 18.6. The number of nitrogens with one attached hydrogen (secondary N) is 1. The van der Waals surface area contributed by atoms with E-state index in [4.69, 9.17) is 5.26 Å². The number of urea groups is 1. The van der Waals surface area contributed by atoms with E-state index in [1.807, 2.05) is 23.1 Å². The third kappa shape index (κ3) is 5.77. The Kier molecular flexibility index (Phi) is 7.36. The van der Waals surface area contributed by atoms with E-state index in [1.165, 1.54) is 24.5 Å². The maximum absolute atomic E-state index is 13.6. The standard InChI is InChI=1S/C26H28F2N4O/c27-24-11-8-22(17-25(24)28)30-26(33)32(15-14-31-12-1-2-13-31)23-9-6-20(7-10-23)21-5-3-4-19(16-21)18-29/h3-6,8,11,16-17,23H,1-2,7,9-10,12-15H2,(H,30,33). The largest absolute Gasteiger partial charge is 0.322 e. The molecule has 7 heteroatoms. The van der Waals surface area contributed by atoms with Crippen LogP contribution in [0.15, 0.2) is 48.5 Å². The van der Waals surface area contributed by atoms with Gasteiger partial charge in [0.15, 0.2) is 11.6 Å². The maximum Gasteiger partial charge on any atom is 0.322 e. The monoisotopic (exact) mass is 450 g/mol. The lowest BCUT2D eigenvalue weighted by molar-refractivity contribution is 0.170. The molecule has 1 fully saturated rings. The van der Waals surface area contributed by atoms with Gasteiger partial charge in [0.25, 0.3) is 0 Å². The topological polar surface area (TPSA) is 59.4 Å². The van der Waals surface area contributed by atoms with E-state index in [9.17, 15) is 13.6 Å². The molecule has 1 heterocycles. The number of allylic oxidation sites excluding steroid dienone is 1. The first-order valence-corrected chi connectivity index (χ1v) is 11.5. The predicted octanol–water partition coefficient (Wildman–Crippen LogP) is 5.40. The van der Waals surface area contributed by atoms with Crippen LogP contribution in [-0.2, 0) is 0 Å². The van der Waals surface area contributed by atoms with Crippen LogP contribution >= 0.6 is 0 Å². The number of nitriles is 1. The van der Waals surface area contributed by atoms with Crippen LogP contribution in [0.4, 0.5) is 19.3 Å². The number of likely N-dealkylation sites (tertiary alicyclic amines) is 1. The minimum Gasteiger partial charge on any atom is -0.320 e. The van der Waals surface area contributed by atoms with Gasteiger partial charge in [-0.1, -0.05) is 18.2 Å². The number of benzene rings is 2. The number of carbonyl (C=O) groups is 1. The number of rotatable bonds is 6. The molecule has 2 aromatic rings. The fourth-order valence-electron chi connectivity index (χ4n) is 4.63. The summed E-state index contributed by atoms with van der Waals surface area (Å²) < 4.78 is 26.9. The van der Waals surface area contributed by atoms with Gasteiger partial charge in [0, 0.05) is 30.9 Å². The SMILES string of the molecule is N#Cc1cccc(C2=CCC(N(CCN3CCCC3)C(=O)Nc3ccc(F)c(F)c3)CC2)c1. The van der Waals surface area contributed by atoms with E-state index < -0.39 is 11.6 Å². The summed E-state index contributed by atoms with van der Waals surface area (Å²) >= 11 is 0. The first-order valence-electron chi connectivity index (χ1n) is 11.5. The van der Waals surface area contributed by atoms with E-state index in [2.05, 4.69) is 22.4 Å². The molecule has 1 aliphatic heterocycles. The summed E-state index contributed by atoms with van der Waals surface area (Å²) in [4.78, 5) is 17.4. The van der Waals surface area contributed by atoms with Crippen molar-refractivity contribution in [2.45, 2.75) is 38.1 Å². The molecule has 0 aromatic heterocycles. The van der Waals surface area contributed by atoms with Crippen LogP contribution in [0.5, 0.6) is 0 Å². The second kappa shape index (κ2) is 10.6. The zero-order chi connectivity index (χ0) is 23.2. The normalized spacial score (nSPS) is 18.5. The molecule has 2 aromatic carbocycles. The van der Waals surface area contributed by atoms with Crippen molar-refractivity contribution < 1.29 is 13.6 Å². The highest BCUT2D eigenvalue weighted by Crippen LogP contribution is 2.30. The van der Waals surface area contributed by atoms with Crippen LogP contribution in [0.25, 0.3) is 5.57 Å². The molecule has 0 spiro atoms. The maximum atomic E-state index is 13.6. The number of amides is 2. The van der Waals surface area contributed by atoms with Crippen LogP contribution in [-0.4, -0.2) is 48.1 Å². The summed E-state index contributed by atoms with van der Waals surface area (Å²) in [5.41, 5.74) is 3.10. The average molecular weight is 451 g/mol. The lowest BCUT2D eigenvalue weighted by Gasteiger charge is -2.35. The van der Waals surface area contributed by atoms with Gasteiger partial charge >= 0.3 is 6.03 Å². The van der Waals surface area contributed by atoms with Gasteiger partial charge in [-0.25, -0.2) is 13.6 Å². The lowest BCUT2D eigenvalue weighted by Crippen LogP contribution is -2.47. The molecule has 5 nitrogen and oxygen atoms in total. The van der Waals surface area contributed by atoms with E-state index in [0.29, 0.717) is 18.5 Å². The van der Waals surface area contributed by atoms with Crippen molar-refractivity contribution in [2.75, 3.05) is 31.5 Å². The molecule has 33 heavy (non-hydrogen) atoms. The summed E-state index contributed by atoms with van der Waals surface area (Å²) in [5, 5.41) is 11.9. The minimum absolute atomic E-state index is 0.0146. The third-order valence-corrected chi connectivity index (χ3v) is 6.47. The Morgan fingerprint density at radius 3 is 2.67 bits per heavy atom. The van der Waals surface area contributed by atoms with Crippen molar-refractivity contribution in [2.24, 2.45) is 0 Å². The van der Waals surface area contributed by atoms with Crippen LogP contribution < -0.4 is 5.32 Å². The highest BCUT2D eigenvalue weighted by atomic mass is 19.2. The van der Waals surface area contributed by atoms with Gasteiger partial charge in [-0.05, 0) is 80.6 Å². The molecule has 0 bridgehead atoms. The number of halogens is 2. The molecular formula is C26H28F2N4O. The van der Waals surface area contributed by atoms with Gasteiger partial charge in [0.2, 0.25) is 0 Å². The molecule has 0 radical (unpaired) electrons. The Morgan fingerprint density at radius 1 is 1.15 bits per heavy atom. The number of hydrogen-bond donors (Lipinski definition) is 1. The summed E-state index contributed by atoms with van der Waals surface area (Å²) in [6.45, 7) is 3.46. The number of hydrogen-bond acceptors (Lipinski definition) is 3. The summed E-state index contributed by atoms with van der Waals surface area (Å²) in [5.74, 6) is -1.93. The zero-order valence-corrected chi connectivity index (χ0v) is 18.6. The highest BCUT2D eigenvalue weighted by molar-refractivity contribution is 5.89.